The van der Waals surface area contributed by atoms with Crippen LogP contribution in [-0.2, 0) is 23.9 Å². The molecule has 2 aromatic carbocycles. The number of fused-ring (bicyclic) bond motifs is 3. The van der Waals surface area contributed by atoms with Gasteiger partial charge in [-0.3, -0.25) is 24.4 Å². The van der Waals surface area contributed by atoms with Crippen LogP contribution >= 0.6 is 0 Å². The molecule has 64 heavy (non-hydrogen) atoms. The predicted octanol–water partition coefficient (Wildman–Crippen LogP) is 9.10. The normalized spacial score (nSPS) is 22.4. The second-order valence-corrected chi connectivity index (χ2v) is 19.1. The number of alkyl carbamates (subject to hydrolysis) is 1. The molecular weight excluding hydrogens is 807 g/mol. The number of esters is 1. The number of benzene rings is 2. The minimum Gasteiger partial charge on any atom is -0.469 e. The number of nitrogens with one attached hydrogen (secondary N) is 2. The summed E-state index contributed by atoms with van der Waals surface area (Å²) in [4.78, 5) is 74.3. The Hall–Kier alpha value is -5.85. The van der Waals surface area contributed by atoms with Gasteiger partial charge in [0, 0.05) is 43.2 Å². The molecule has 10 rings (SSSR count). The van der Waals surface area contributed by atoms with Crippen LogP contribution in [0.3, 0.4) is 0 Å². The van der Waals surface area contributed by atoms with Crippen LogP contribution in [0.5, 0.6) is 0 Å². The standard InChI is InChI=1S/C51H61N7O6/c1-28(2)37(25-44(59)63-5)49(60)57-21-7-9-42(57)41-24-34(27-53-41)33-16-19-38(52-26-33)36-18-17-35(45-30-11-13-31(14-12-30)46(36)45)32-15-20-39-40(23-32)55-48(54-39)43-10-8-22-58(43)50(61)47(29(3)4)56-51(62)64-6/h15-20,23,26-31,37,42-43,47H,7-14,21-22,24-25H2,1-6H3,(H,54,55)(H,56,62)/t30?,31?,37-,42-,43-,47-/m0/s1. The van der Waals surface area contributed by atoms with Gasteiger partial charge in [0.05, 0.1) is 55.4 Å². The summed E-state index contributed by atoms with van der Waals surface area (Å²) in [7, 11) is 2.68. The molecule has 5 heterocycles. The van der Waals surface area contributed by atoms with E-state index in [-0.39, 0.29) is 48.1 Å². The van der Waals surface area contributed by atoms with Gasteiger partial charge in [0.2, 0.25) is 11.8 Å². The number of aliphatic imine (C=N–C) groups is 1. The highest BCUT2D eigenvalue weighted by molar-refractivity contribution is 6.03. The number of carbonyl (C=O) groups is 4. The van der Waals surface area contributed by atoms with Crippen molar-refractivity contribution in [3.63, 3.8) is 0 Å². The van der Waals surface area contributed by atoms with Crippen molar-refractivity contribution < 1.29 is 28.7 Å². The van der Waals surface area contributed by atoms with Crippen molar-refractivity contribution in [1.29, 1.82) is 0 Å². The van der Waals surface area contributed by atoms with Gasteiger partial charge in [-0.1, -0.05) is 52.0 Å². The molecule has 2 N–H and O–H groups in total. The molecule has 2 saturated heterocycles. The van der Waals surface area contributed by atoms with Crippen LogP contribution in [0.1, 0.15) is 132 Å². The van der Waals surface area contributed by atoms with Crippen molar-refractivity contribution in [2.24, 2.45) is 22.7 Å². The van der Waals surface area contributed by atoms with Crippen LogP contribution in [0.25, 0.3) is 39.0 Å². The van der Waals surface area contributed by atoms with E-state index in [1.54, 1.807) is 0 Å². The van der Waals surface area contributed by atoms with Crippen LogP contribution in [0, 0.1) is 17.8 Å². The van der Waals surface area contributed by atoms with Crippen LogP contribution < -0.4 is 5.32 Å². The highest BCUT2D eigenvalue weighted by Crippen LogP contribution is 2.55. The van der Waals surface area contributed by atoms with Crippen molar-refractivity contribution in [2.45, 2.75) is 122 Å². The number of pyridine rings is 1. The summed E-state index contributed by atoms with van der Waals surface area (Å²) in [5, 5.41) is 2.74. The maximum absolute atomic E-state index is 13.8. The van der Waals surface area contributed by atoms with Crippen molar-refractivity contribution in [3.05, 3.63) is 77.4 Å². The first-order chi connectivity index (χ1) is 30.9. The molecule has 0 unspecified atom stereocenters. The molecule has 3 aliphatic heterocycles. The number of amides is 3. The number of H-pyrrole nitrogens is 1. The summed E-state index contributed by atoms with van der Waals surface area (Å²) in [5.74, 6) is 0.778. The number of hydrogen-bond acceptors (Lipinski definition) is 9. The molecule has 0 radical (unpaired) electrons. The van der Waals surface area contributed by atoms with Gasteiger partial charge in [0.15, 0.2) is 0 Å². The molecular formula is C51H61N7O6. The summed E-state index contributed by atoms with van der Waals surface area (Å²) in [6.07, 6.45) is 12.2. The molecule has 2 bridgehead atoms. The summed E-state index contributed by atoms with van der Waals surface area (Å²) >= 11 is 0. The molecule has 3 fully saturated rings. The van der Waals surface area contributed by atoms with E-state index in [4.69, 9.17) is 24.4 Å². The number of carbonyl (C=O) groups excluding carboxylic acids is 4. The van der Waals surface area contributed by atoms with Gasteiger partial charge in [-0.05, 0) is 127 Å². The Morgan fingerprint density at radius 1 is 0.781 bits per heavy atom. The van der Waals surface area contributed by atoms with E-state index < -0.39 is 18.1 Å². The number of allylic oxidation sites excluding steroid dienone is 1. The number of rotatable bonds is 12. The summed E-state index contributed by atoms with van der Waals surface area (Å²) < 4.78 is 9.74. The lowest BCUT2D eigenvalue weighted by molar-refractivity contribution is -0.148. The second-order valence-electron chi connectivity index (χ2n) is 19.1. The summed E-state index contributed by atoms with van der Waals surface area (Å²) in [6.45, 7) is 9.10. The molecule has 4 aromatic rings. The third-order valence-corrected chi connectivity index (χ3v) is 14.7. The number of imidazole rings is 1. The number of aromatic nitrogens is 3. The average Bonchev–Trinajstić information content (AvgIpc) is 4.16. The third kappa shape index (κ3) is 8.11. The maximum Gasteiger partial charge on any atom is 0.407 e. The van der Waals surface area contributed by atoms with Crippen LogP contribution in [-0.4, -0.2) is 93.7 Å². The van der Waals surface area contributed by atoms with Crippen LogP contribution in [0.15, 0.2) is 59.9 Å². The second kappa shape index (κ2) is 18.0. The number of likely N-dealkylation sites (tertiary alicyclic amines) is 2. The molecule has 336 valence electrons. The lowest BCUT2D eigenvalue weighted by Crippen LogP contribution is -2.51. The lowest BCUT2D eigenvalue weighted by Gasteiger charge is -2.41. The molecule has 13 heteroatoms. The van der Waals surface area contributed by atoms with Gasteiger partial charge >= 0.3 is 12.1 Å². The molecule has 6 aliphatic rings. The Balaban J connectivity index is 0.937. The zero-order valence-electron chi connectivity index (χ0n) is 38.0. The Bertz CT molecular complexity index is 2520. The van der Waals surface area contributed by atoms with E-state index in [2.05, 4.69) is 52.8 Å². The van der Waals surface area contributed by atoms with E-state index >= 15 is 0 Å². The van der Waals surface area contributed by atoms with E-state index in [1.165, 1.54) is 62.2 Å². The van der Waals surface area contributed by atoms with E-state index in [0.29, 0.717) is 31.3 Å². The van der Waals surface area contributed by atoms with E-state index in [1.807, 2.05) is 49.9 Å². The largest absolute Gasteiger partial charge is 0.469 e. The number of hydrogen-bond donors (Lipinski definition) is 2. The Kier molecular flexibility index (Phi) is 12.2. The first kappa shape index (κ1) is 43.4. The minimum absolute atomic E-state index is 0.0120. The molecule has 3 aliphatic carbocycles. The third-order valence-electron chi connectivity index (χ3n) is 14.7. The first-order valence-corrected chi connectivity index (χ1v) is 23.4. The maximum atomic E-state index is 13.8. The minimum atomic E-state index is -0.687. The summed E-state index contributed by atoms with van der Waals surface area (Å²) in [5.41, 5.74) is 12.4. The quantitative estimate of drug-likeness (QED) is 0.134. The molecule has 2 aromatic heterocycles. The van der Waals surface area contributed by atoms with E-state index in [9.17, 15) is 19.2 Å². The summed E-state index contributed by atoms with van der Waals surface area (Å²) in [6, 6.07) is 14.4. The van der Waals surface area contributed by atoms with Gasteiger partial charge < -0.3 is 29.6 Å². The fraction of sp³-hybridized carbons (Fsp3) is 0.510. The Morgan fingerprint density at radius 3 is 2.11 bits per heavy atom. The van der Waals surface area contributed by atoms with Gasteiger partial charge in [-0.15, -0.1) is 0 Å². The topological polar surface area (TPSA) is 159 Å². The monoisotopic (exact) mass is 867 g/mol. The van der Waals surface area contributed by atoms with Crippen molar-refractivity contribution in [1.82, 2.24) is 30.1 Å². The molecule has 1 saturated carbocycles. The molecule has 13 nitrogen and oxygen atoms in total. The predicted molar refractivity (Wildman–Crippen MR) is 246 cm³/mol. The highest BCUT2D eigenvalue weighted by atomic mass is 16.5. The SMILES string of the molecule is COC(=O)C[C@H](C(=O)N1CCC[C@H]1C1=NC=C(c2ccc(-c3ccc(-c4ccc5nc([C@@H]6CCCN6C(=O)[C@@H](NC(=O)OC)C(C)C)[nH]c5c4)c4c3C3CCC4CC3)nc2)C1)C(C)C. The van der Waals surface area contributed by atoms with Gasteiger partial charge in [0.25, 0.3) is 0 Å². The van der Waals surface area contributed by atoms with Crippen molar-refractivity contribution >= 4 is 46.2 Å². The first-order valence-electron chi connectivity index (χ1n) is 23.4. The average molecular weight is 868 g/mol. The smallest absolute Gasteiger partial charge is 0.407 e. The fourth-order valence-electron chi connectivity index (χ4n) is 11.2. The van der Waals surface area contributed by atoms with Crippen molar-refractivity contribution in [2.75, 3.05) is 27.3 Å². The molecule has 4 atom stereocenters. The van der Waals surface area contributed by atoms with Crippen LogP contribution in [0.2, 0.25) is 0 Å². The van der Waals surface area contributed by atoms with E-state index in [0.717, 1.165) is 70.6 Å². The Morgan fingerprint density at radius 2 is 1.45 bits per heavy atom. The Labute approximate surface area is 375 Å². The van der Waals surface area contributed by atoms with Crippen LogP contribution in [0.4, 0.5) is 4.79 Å². The zero-order chi connectivity index (χ0) is 44.8. The number of ether oxygens (including phenoxy) is 2. The fourth-order valence-corrected chi connectivity index (χ4v) is 11.2. The number of nitrogens with zero attached hydrogens (tertiary/aromatic N) is 5. The lowest BCUT2D eigenvalue weighted by atomic mass is 9.64. The van der Waals surface area contributed by atoms with Gasteiger partial charge in [-0.2, -0.15) is 0 Å². The number of aromatic amines is 1. The zero-order valence-corrected chi connectivity index (χ0v) is 38.0. The highest BCUT2D eigenvalue weighted by Gasteiger charge is 2.41. The molecule has 0 spiro atoms. The number of methoxy groups -OCH3 is 2. The molecule has 3 amide bonds. The van der Waals surface area contributed by atoms with Gasteiger partial charge in [0.1, 0.15) is 11.9 Å². The van der Waals surface area contributed by atoms with Crippen molar-refractivity contribution in [3.8, 4) is 22.4 Å². The van der Waals surface area contributed by atoms with Gasteiger partial charge in [-0.25, -0.2) is 9.78 Å².